The van der Waals surface area contributed by atoms with Crippen molar-refractivity contribution in [1.29, 1.82) is 0 Å². The lowest BCUT2D eigenvalue weighted by molar-refractivity contribution is 0.170. The number of methoxy groups -OCH3 is 2. The van der Waals surface area contributed by atoms with Crippen LogP contribution in [0.3, 0.4) is 0 Å². The summed E-state index contributed by atoms with van der Waals surface area (Å²) >= 11 is 0. The fourth-order valence-electron chi connectivity index (χ4n) is 5.59. The topological polar surface area (TPSA) is 40.2 Å². The zero-order valence-corrected chi connectivity index (χ0v) is 20.7. The van der Waals surface area contributed by atoms with Crippen molar-refractivity contribution in [3.8, 4) is 11.5 Å². The molecule has 1 aromatic rings. The van der Waals surface area contributed by atoms with Crippen LogP contribution in [0.1, 0.15) is 57.1 Å². The summed E-state index contributed by atoms with van der Waals surface area (Å²) < 4.78 is 22.8. The maximum atomic E-state index is 6.13. The van der Waals surface area contributed by atoms with Crippen LogP contribution in [0.5, 0.6) is 11.5 Å². The molecule has 4 rings (SSSR count). The van der Waals surface area contributed by atoms with Gasteiger partial charge in [-0.25, -0.2) is 0 Å². The first kappa shape index (κ1) is 23.5. The average molecular weight is 452 g/mol. The number of fused-ring (bicyclic) bond motifs is 6. The lowest BCUT2D eigenvalue weighted by Crippen LogP contribution is -2.45. The van der Waals surface area contributed by atoms with Crippen LogP contribution in [-0.4, -0.2) is 45.0 Å². The number of hydrogen-bond acceptors (Lipinski definition) is 5. The quantitative estimate of drug-likeness (QED) is 0.338. The predicted octanol–water partition coefficient (Wildman–Crippen LogP) is 6.04. The minimum Gasteiger partial charge on any atom is -0.494 e. The molecule has 1 aliphatic carbocycles. The molecule has 5 heteroatoms. The number of hydrogen-bond donors (Lipinski definition) is 0. The summed E-state index contributed by atoms with van der Waals surface area (Å²) in [6.07, 6.45) is 7.51. The van der Waals surface area contributed by atoms with Gasteiger partial charge in [0.25, 0.3) is 0 Å². The average Bonchev–Trinajstić information content (AvgIpc) is 3.11. The predicted molar refractivity (Wildman–Crippen MR) is 132 cm³/mol. The largest absolute Gasteiger partial charge is 0.494 e. The molecule has 0 saturated heterocycles. The van der Waals surface area contributed by atoms with Gasteiger partial charge >= 0.3 is 0 Å². The van der Waals surface area contributed by atoms with Crippen LogP contribution in [0.25, 0.3) is 5.70 Å². The highest BCUT2D eigenvalue weighted by Gasteiger charge is 2.50. The maximum absolute atomic E-state index is 6.13. The Morgan fingerprint density at radius 2 is 1.97 bits per heavy atom. The number of benzene rings is 1. The zero-order chi connectivity index (χ0) is 23.8. The van der Waals surface area contributed by atoms with Crippen molar-refractivity contribution in [3.63, 3.8) is 0 Å². The Hall–Kier alpha value is -2.66. The lowest BCUT2D eigenvalue weighted by Gasteiger charge is -2.47. The van der Waals surface area contributed by atoms with E-state index in [-0.39, 0.29) is 5.41 Å². The summed E-state index contributed by atoms with van der Waals surface area (Å²) in [5, 5.41) is 0. The second kappa shape index (κ2) is 9.30. The summed E-state index contributed by atoms with van der Waals surface area (Å²) in [5.41, 5.74) is 5.73. The van der Waals surface area contributed by atoms with Gasteiger partial charge in [0.2, 0.25) is 0 Å². The Morgan fingerprint density at radius 1 is 1.18 bits per heavy atom. The van der Waals surface area contributed by atoms with Gasteiger partial charge in [-0.05, 0) is 54.5 Å². The molecule has 0 unspecified atom stereocenters. The number of nitrogens with zero attached hydrogens (tertiary/aromatic N) is 1. The van der Waals surface area contributed by atoms with Crippen LogP contribution in [0.2, 0.25) is 0 Å². The van der Waals surface area contributed by atoms with Crippen molar-refractivity contribution in [2.24, 2.45) is 5.41 Å². The number of rotatable bonds is 9. The minimum atomic E-state index is 0.161. The molecular weight excluding hydrogens is 414 g/mol. The van der Waals surface area contributed by atoms with Gasteiger partial charge in [-0.2, -0.15) is 0 Å². The van der Waals surface area contributed by atoms with Gasteiger partial charge in [0.05, 0.1) is 20.3 Å². The summed E-state index contributed by atoms with van der Waals surface area (Å²) in [6, 6.07) is 4.67. The van der Waals surface area contributed by atoms with Gasteiger partial charge in [0.15, 0.2) is 11.5 Å². The van der Waals surface area contributed by atoms with E-state index in [2.05, 4.69) is 56.3 Å². The standard InChI is InChI=1S/C28H37NO4/c1-8-32-19(3)23-17-29-24(14-18(23)2)22-16-25(31-7)26(33-13-9-12-30-6)15-21(22)20-10-11-28(4,5)27(20)29/h14-17,20,27H,2-3,8-13H2,1,4-7H3/t20-,27+/m1/s1. The normalized spacial score (nSPS) is 22.6. The summed E-state index contributed by atoms with van der Waals surface area (Å²) in [6.45, 7) is 17.1. The van der Waals surface area contributed by atoms with Gasteiger partial charge < -0.3 is 23.8 Å². The van der Waals surface area contributed by atoms with Crippen molar-refractivity contribution in [2.75, 3.05) is 34.0 Å². The van der Waals surface area contributed by atoms with Crippen molar-refractivity contribution < 1.29 is 18.9 Å². The van der Waals surface area contributed by atoms with Crippen molar-refractivity contribution in [3.05, 3.63) is 65.6 Å². The molecule has 33 heavy (non-hydrogen) atoms. The highest BCUT2D eigenvalue weighted by atomic mass is 16.5. The van der Waals surface area contributed by atoms with Gasteiger partial charge in [-0.1, -0.05) is 27.0 Å². The molecule has 178 valence electrons. The van der Waals surface area contributed by atoms with Gasteiger partial charge in [-0.3, -0.25) is 0 Å². The Morgan fingerprint density at radius 3 is 2.67 bits per heavy atom. The maximum Gasteiger partial charge on any atom is 0.161 e. The molecule has 5 nitrogen and oxygen atoms in total. The van der Waals surface area contributed by atoms with Gasteiger partial charge in [0, 0.05) is 55.1 Å². The zero-order valence-electron chi connectivity index (χ0n) is 20.7. The van der Waals surface area contributed by atoms with Crippen molar-refractivity contribution in [2.45, 2.75) is 52.0 Å². The SMILES string of the molecule is C=C1C=C2c3cc(OC)c(OCCCOC)cc3[C@H]3CCC(C)(C)[C@H]3N2C=C1C(=C)OCC. The fraction of sp³-hybridized carbons (Fsp3) is 0.500. The molecule has 0 amide bonds. The molecule has 2 atom stereocenters. The molecule has 0 radical (unpaired) electrons. The fourth-order valence-corrected chi connectivity index (χ4v) is 5.59. The molecule has 0 aromatic heterocycles. The highest BCUT2D eigenvalue weighted by molar-refractivity contribution is 5.79. The number of ether oxygens (including phenoxy) is 4. The third-order valence-corrected chi connectivity index (χ3v) is 7.16. The van der Waals surface area contributed by atoms with E-state index in [1.54, 1.807) is 14.2 Å². The van der Waals surface area contributed by atoms with Crippen LogP contribution in [-0.2, 0) is 9.47 Å². The first-order valence-corrected chi connectivity index (χ1v) is 11.9. The van der Waals surface area contributed by atoms with E-state index in [0.29, 0.717) is 37.5 Å². The van der Waals surface area contributed by atoms with E-state index >= 15 is 0 Å². The third-order valence-electron chi connectivity index (χ3n) is 7.16. The molecule has 2 aliphatic heterocycles. The van der Waals surface area contributed by atoms with Crippen molar-refractivity contribution in [1.82, 2.24) is 4.90 Å². The Bertz CT molecular complexity index is 1000. The third kappa shape index (κ3) is 4.19. The molecule has 0 spiro atoms. The smallest absolute Gasteiger partial charge is 0.161 e. The highest BCUT2D eigenvalue weighted by Crippen LogP contribution is 2.57. The van der Waals surface area contributed by atoms with Gasteiger partial charge in [-0.15, -0.1) is 0 Å². The van der Waals surface area contributed by atoms with E-state index in [4.69, 9.17) is 18.9 Å². The molecule has 0 bridgehead atoms. The van der Waals surface area contributed by atoms with Crippen LogP contribution in [0.15, 0.2) is 54.5 Å². The molecule has 1 saturated carbocycles. The van der Waals surface area contributed by atoms with Crippen molar-refractivity contribution >= 4 is 5.70 Å². The summed E-state index contributed by atoms with van der Waals surface area (Å²) in [4.78, 5) is 2.44. The summed E-state index contributed by atoms with van der Waals surface area (Å²) in [5.74, 6) is 2.64. The first-order valence-electron chi connectivity index (χ1n) is 11.9. The van der Waals surface area contributed by atoms with Crippen LogP contribution < -0.4 is 9.47 Å². The first-order chi connectivity index (χ1) is 15.8. The van der Waals surface area contributed by atoms with Gasteiger partial charge in [0.1, 0.15) is 5.76 Å². The molecular formula is C28H37NO4. The number of allylic oxidation sites excluding steroid dienone is 2. The van der Waals surface area contributed by atoms with E-state index in [1.165, 1.54) is 11.1 Å². The van der Waals surface area contributed by atoms with E-state index in [1.807, 2.05) is 6.92 Å². The van der Waals surface area contributed by atoms with E-state index < -0.39 is 0 Å². The molecule has 1 aromatic carbocycles. The second-order valence-electron chi connectivity index (χ2n) is 9.72. The van der Waals surface area contributed by atoms with Crippen LogP contribution >= 0.6 is 0 Å². The van der Waals surface area contributed by atoms with Crippen LogP contribution in [0.4, 0.5) is 0 Å². The van der Waals surface area contributed by atoms with E-state index in [0.717, 1.165) is 47.6 Å². The summed E-state index contributed by atoms with van der Waals surface area (Å²) in [7, 11) is 3.41. The molecule has 2 heterocycles. The monoisotopic (exact) mass is 451 g/mol. The Kier molecular flexibility index (Phi) is 6.62. The molecule has 0 N–H and O–H groups in total. The second-order valence-corrected chi connectivity index (χ2v) is 9.72. The van der Waals surface area contributed by atoms with Crippen LogP contribution in [0, 0.1) is 5.41 Å². The molecule has 3 aliphatic rings. The molecule has 1 fully saturated rings. The lowest BCUT2D eigenvalue weighted by atomic mass is 9.75. The van der Waals surface area contributed by atoms with E-state index in [9.17, 15) is 0 Å². The minimum absolute atomic E-state index is 0.161. The Labute approximate surface area is 198 Å². The Balaban J connectivity index is 1.79.